The van der Waals surface area contributed by atoms with Gasteiger partial charge in [0.15, 0.2) is 0 Å². The smallest absolute Gasteiger partial charge is 0.0213 e. The van der Waals surface area contributed by atoms with Gasteiger partial charge >= 0.3 is 0 Å². The van der Waals surface area contributed by atoms with Crippen molar-refractivity contribution in [3.8, 4) is 0 Å². The van der Waals surface area contributed by atoms with Crippen molar-refractivity contribution in [3.63, 3.8) is 0 Å². The topological polar surface area (TPSA) is 24.1 Å². The molecular weight excluding hydrogens is 312 g/mol. The third kappa shape index (κ3) is 4.57. The molecule has 1 atom stereocenters. The number of benzene rings is 1. The summed E-state index contributed by atoms with van der Waals surface area (Å²) in [5.41, 5.74) is 1.54. The fraction of sp³-hybridized carbons (Fsp3) is 0.647. The van der Waals surface area contributed by atoms with E-state index in [1.165, 1.54) is 42.4 Å². The minimum Gasteiger partial charge on any atom is -0.316 e. The van der Waals surface area contributed by atoms with E-state index in [0.717, 1.165) is 19.0 Å². The highest BCUT2D eigenvalue weighted by Crippen LogP contribution is 2.29. The zero-order chi connectivity index (χ0) is 14.4. The van der Waals surface area contributed by atoms with Crippen LogP contribution in [0, 0.1) is 5.92 Å². The maximum absolute atomic E-state index is 3.67. The lowest BCUT2D eigenvalue weighted by Gasteiger charge is -2.28. The van der Waals surface area contributed by atoms with Crippen LogP contribution in [-0.4, -0.2) is 26.2 Å². The standard InChI is InChI=1S/C17H27BrN2/c1-17(2,15-7-3-4-8-16(15)18)13-20-11-9-14-6-5-10-19-12-14/h3-4,7-8,14,19-20H,5-6,9-13H2,1-2H3. The summed E-state index contributed by atoms with van der Waals surface area (Å²) in [6, 6.07) is 8.55. The maximum atomic E-state index is 3.67. The summed E-state index contributed by atoms with van der Waals surface area (Å²) in [6.07, 6.45) is 4.02. The van der Waals surface area contributed by atoms with Gasteiger partial charge in [-0.25, -0.2) is 0 Å². The molecule has 1 saturated heterocycles. The molecule has 0 radical (unpaired) electrons. The Bertz CT molecular complexity index is 411. The summed E-state index contributed by atoms with van der Waals surface area (Å²) in [7, 11) is 0. The molecule has 2 N–H and O–H groups in total. The van der Waals surface area contributed by atoms with Gasteiger partial charge in [0.05, 0.1) is 0 Å². The van der Waals surface area contributed by atoms with Crippen LogP contribution in [0.4, 0.5) is 0 Å². The van der Waals surface area contributed by atoms with Crippen LogP contribution in [0.1, 0.15) is 38.7 Å². The van der Waals surface area contributed by atoms with Crippen molar-refractivity contribution in [3.05, 3.63) is 34.3 Å². The minimum atomic E-state index is 0.158. The zero-order valence-electron chi connectivity index (χ0n) is 12.7. The SMILES string of the molecule is CC(C)(CNCCC1CCCNC1)c1ccccc1Br. The molecule has 0 aromatic heterocycles. The number of nitrogens with one attached hydrogen (secondary N) is 2. The lowest BCUT2D eigenvalue weighted by atomic mass is 9.84. The van der Waals surface area contributed by atoms with Crippen LogP contribution < -0.4 is 10.6 Å². The number of hydrogen-bond acceptors (Lipinski definition) is 2. The summed E-state index contributed by atoms with van der Waals surface area (Å²) in [5.74, 6) is 0.864. The van der Waals surface area contributed by atoms with Crippen molar-refractivity contribution in [2.75, 3.05) is 26.2 Å². The van der Waals surface area contributed by atoms with E-state index in [0.29, 0.717) is 0 Å². The first-order valence-electron chi connectivity index (χ1n) is 7.76. The van der Waals surface area contributed by atoms with E-state index in [1.807, 2.05) is 0 Å². The van der Waals surface area contributed by atoms with E-state index in [4.69, 9.17) is 0 Å². The Morgan fingerprint density at radius 2 is 2.15 bits per heavy atom. The van der Waals surface area contributed by atoms with E-state index in [9.17, 15) is 0 Å². The summed E-state index contributed by atoms with van der Waals surface area (Å²) in [4.78, 5) is 0. The Morgan fingerprint density at radius 1 is 1.35 bits per heavy atom. The average Bonchev–Trinajstić information content (AvgIpc) is 2.45. The average molecular weight is 339 g/mol. The molecule has 1 aromatic carbocycles. The predicted octanol–water partition coefficient (Wildman–Crippen LogP) is 3.71. The quantitative estimate of drug-likeness (QED) is 0.772. The Kier molecular flexibility index (Phi) is 6.06. The lowest BCUT2D eigenvalue weighted by Crippen LogP contribution is -2.36. The molecule has 0 aliphatic carbocycles. The van der Waals surface area contributed by atoms with E-state index >= 15 is 0 Å². The van der Waals surface area contributed by atoms with Crippen LogP contribution in [0.25, 0.3) is 0 Å². The number of hydrogen-bond donors (Lipinski definition) is 2. The Labute approximate surface area is 131 Å². The summed E-state index contributed by atoms with van der Waals surface area (Å²) in [6.45, 7) is 9.18. The van der Waals surface area contributed by atoms with Gasteiger partial charge in [0.2, 0.25) is 0 Å². The van der Waals surface area contributed by atoms with Crippen LogP contribution in [0.5, 0.6) is 0 Å². The fourth-order valence-corrected chi connectivity index (χ4v) is 3.80. The second-order valence-corrected chi connectivity index (χ2v) is 7.40. The molecule has 2 nitrogen and oxygen atoms in total. The summed E-state index contributed by atoms with van der Waals surface area (Å²) < 4.78 is 1.21. The normalized spacial score (nSPS) is 20.1. The van der Waals surface area contributed by atoms with Crippen LogP contribution >= 0.6 is 15.9 Å². The van der Waals surface area contributed by atoms with Crippen LogP contribution in [-0.2, 0) is 5.41 Å². The van der Waals surface area contributed by atoms with Gasteiger partial charge in [0, 0.05) is 16.4 Å². The minimum absolute atomic E-state index is 0.158. The van der Waals surface area contributed by atoms with Crippen molar-refractivity contribution >= 4 is 15.9 Å². The highest BCUT2D eigenvalue weighted by molar-refractivity contribution is 9.10. The first kappa shape index (κ1) is 16.0. The summed E-state index contributed by atoms with van der Waals surface area (Å²) >= 11 is 3.67. The van der Waals surface area contributed by atoms with Crippen LogP contribution in [0.2, 0.25) is 0 Å². The number of piperidine rings is 1. The fourth-order valence-electron chi connectivity index (χ4n) is 2.98. The van der Waals surface area contributed by atoms with Crippen LogP contribution in [0.15, 0.2) is 28.7 Å². The van der Waals surface area contributed by atoms with E-state index in [2.05, 4.69) is 64.7 Å². The first-order valence-corrected chi connectivity index (χ1v) is 8.55. The molecule has 1 aliphatic rings. The molecule has 20 heavy (non-hydrogen) atoms. The third-order valence-corrected chi connectivity index (χ3v) is 4.99. The second kappa shape index (κ2) is 7.58. The monoisotopic (exact) mass is 338 g/mol. The molecule has 0 spiro atoms. The van der Waals surface area contributed by atoms with Gasteiger partial charge in [-0.2, -0.15) is 0 Å². The molecule has 2 rings (SSSR count). The Balaban J connectivity index is 1.76. The van der Waals surface area contributed by atoms with E-state index in [-0.39, 0.29) is 5.41 Å². The molecule has 3 heteroatoms. The molecular formula is C17H27BrN2. The van der Waals surface area contributed by atoms with Gasteiger partial charge in [-0.05, 0) is 56.4 Å². The number of rotatable bonds is 6. The molecule has 1 aromatic rings. The van der Waals surface area contributed by atoms with Crippen molar-refractivity contribution in [1.82, 2.24) is 10.6 Å². The van der Waals surface area contributed by atoms with Crippen molar-refractivity contribution in [2.24, 2.45) is 5.92 Å². The van der Waals surface area contributed by atoms with Gasteiger partial charge in [0.1, 0.15) is 0 Å². The third-order valence-electron chi connectivity index (χ3n) is 4.30. The van der Waals surface area contributed by atoms with Crippen LogP contribution in [0.3, 0.4) is 0 Å². The largest absolute Gasteiger partial charge is 0.316 e. The van der Waals surface area contributed by atoms with Crippen molar-refractivity contribution in [2.45, 2.75) is 38.5 Å². The number of halogens is 1. The zero-order valence-corrected chi connectivity index (χ0v) is 14.3. The molecule has 0 bridgehead atoms. The molecule has 0 amide bonds. The van der Waals surface area contributed by atoms with Gasteiger partial charge in [-0.1, -0.05) is 48.0 Å². The molecule has 1 fully saturated rings. The molecule has 112 valence electrons. The van der Waals surface area contributed by atoms with Gasteiger partial charge in [-0.15, -0.1) is 0 Å². The molecule has 1 aliphatic heterocycles. The predicted molar refractivity (Wildman–Crippen MR) is 90.2 cm³/mol. The van der Waals surface area contributed by atoms with Crippen molar-refractivity contribution in [1.29, 1.82) is 0 Å². The first-order chi connectivity index (χ1) is 9.59. The second-order valence-electron chi connectivity index (χ2n) is 6.54. The van der Waals surface area contributed by atoms with E-state index < -0.39 is 0 Å². The Hall–Kier alpha value is -0.380. The Morgan fingerprint density at radius 3 is 2.85 bits per heavy atom. The summed E-state index contributed by atoms with van der Waals surface area (Å²) in [5, 5.41) is 7.14. The molecule has 1 heterocycles. The van der Waals surface area contributed by atoms with Gasteiger partial charge < -0.3 is 10.6 Å². The molecule has 1 unspecified atom stereocenters. The van der Waals surface area contributed by atoms with Gasteiger partial charge in [0.25, 0.3) is 0 Å². The van der Waals surface area contributed by atoms with E-state index in [1.54, 1.807) is 0 Å². The van der Waals surface area contributed by atoms with Crippen molar-refractivity contribution < 1.29 is 0 Å². The maximum Gasteiger partial charge on any atom is 0.0213 e. The molecule has 0 saturated carbocycles. The highest BCUT2D eigenvalue weighted by Gasteiger charge is 2.22. The van der Waals surface area contributed by atoms with Gasteiger partial charge in [-0.3, -0.25) is 0 Å². The lowest BCUT2D eigenvalue weighted by molar-refractivity contribution is 0.345. The highest BCUT2D eigenvalue weighted by atomic mass is 79.9.